The van der Waals surface area contributed by atoms with Gasteiger partial charge >= 0.3 is 16.1 Å². The van der Waals surface area contributed by atoms with Crippen LogP contribution in [0, 0.1) is 0 Å². The topological polar surface area (TPSA) is 111 Å². The SMILES string of the molecule is CS(=O)(=O)Oc1ccc(C(=NNC(N)=O)c2ccc(Br)cc2)cc1. The summed E-state index contributed by atoms with van der Waals surface area (Å²) in [6.45, 7) is 0. The van der Waals surface area contributed by atoms with E-state index in [1.807, 2.05) is 24.3 Å². The number of urea groups is 1. The maximum absolute atomic E-state index is 11.1. The molecule has 2 amide bonds. The molecule has 2 rings (SSSR count). The molecule has 0 saturated carbocycles. The van der Waals surface area contributed by atoms with Crippen LogP contribution in [-0.2, 0) is 10.1 Å². The highest BCUT2D eigenvalue weighted by molar-refractivity contribution is 9.10. The summed E-state index contributed by atoms with van der Waals surface area (Å²) in [6, 6.07) is 12.7. The number of nitrogens with one attached hydrogen (secondary N) is 1. The van der Waals surface area contributed by atoms with E-state index < -0.39 is 16.1 Å². The lowest BCUT2D eigenvalue weighted by Crippen LogP contribution is -2.26. The Morgan fingerprint density at radius 1 is 1.08 bits per heavy atom. The van der Waals surface area contributed by atoms with Gasteiger partial charge in [0.1, 0.15) is 5.75 Å². The van der Waals surface area contributed by atoms with Crippen LogP contribution in [0.5, 0.6) is 5.75 Å². The summed E-state index contributed by atoms with van der Waals surface area (Å²) in [5.41, 5.74) is 9.11. The number of rotatable bonds is 5. The highest BCUT2D eigenvalue weighted by Gasteiger charge is 2.10. The van der Waals surface area contributed by atoms with Gasteiger partial charge in [0, 0.05) is 15.6 Å². The quantitative estimate of drug-likeness (QED) is 0.446. The monoisotopic (exact) mass is 411 g/mol. The Labute approximate surface area is 147 Å². The highest BCUT2D eigenvalue weighted by atomic mass is 79.9. The number of carbonyl (C=O) groups excluding carboxylic acids is 1. The molecule has 0 fully saturated rings. The summed E-state index contributed by atoms with van der Waals surface area (Å²) < 4.78 is 28.0. The van der Waals surface area contributed by atoms with E-state index in [4.69, 9.17) is 9.92 Å². The first kappa shape index (κ1) is 18.0. The summed E-state index contributed by atoms with van der Waals surface area (Å²) in [4.78, 5) is 10.9. The van der Waals surface area contributed by atoms with E-state index in [1.165, 1.54) is 12.1 Å². The number of benzene rings is 2. The number of halogens is 1. The van der Waals surface area contributed by atoms with Crippen LogP contribution in [0.2, 0.25) is 0 Å². The minimum atomic E-state index is -3.60. The molecule has 0 unspecified atom stereocenters. The Balaban J connectivity index is 2.38. The van der Waals surface area contributed by atoms with E-state index in [0.29, 0.717) is 11.3 Å². The van der Waals surface area contributed by atoms with Crippen molar-refractivity contribution in [2.75, 3.05) is 6.26 Å². The molecule has 0 aliphatic rings. The summed E-state index contributed by atoms with van der Waals surface area (Å²) in [5.74, 6) is 0.180. The zero-order valence-corrected chi connectivity index (χ0v) is 15.0. The van der Waals surface area contributed by atoms with Crippen molar-refractivity contribution < 1.29 is 17.4 Å². The number of hydrazone groups is 1. The Hall–Kier alpha value is -2.39. The van der Waals surface area contributed by atoms with Crippen LogP contribution in [0.1, 0.15) is 11.1 Å². The van der Waals surface area contributed by atoms with Gasteiger partial charge in [-0.25, -0.2) is 10.2 Å². The van der Waals surface area contributed by atoms with Gasteiger partial charge in [-0.1, -0.05) is 28.1 Å². The fourth-order valence-electron chi connectivity index (χ4n) is 1.86. The average molecular weight is 412 g/mol. The first-order valence-corrected chi connectivity index (χ1v) is 9.24. The number of primary amides is 1. The maximum Gasteiger partial charge on any atom is 0.332 e. The van der Waals surface area contributed by atoms with Crippen molar-refractivity contribution in [3.63, 3.8) is 0 Å². The van der Waals surface area contributed by atoms with Crippen LogP contribution in [-0.4, -0.2) is 26.4 Å². The van der Waals surface area contributed by atoms with E-state index in [9.17, 15) is 13.2 Å². The Morgan fingerprint density at radius 2 is 1.58 bits per heavy atom. The van der Waals surface area contributed by atoms with Crippen LogP contribution in [0.15, 0.2) is 58.1 Å². The Morgan fingerprint density at radius 3 is 2.04 bits per heavy atom. The molecular formula is C15H14BrN3O4S. The van der Waals surface area contributed by atoms with Crippen LogP contribution < -0.4 is 15.3 Å². The third kappa shape index (κ3) is 5.36. The van der Waals surface area contributed by atoms with Crippen LogP contribution >= 0.6 is 15.9 Å². The van der Waals surface area contributed by atoms with Gasteiger partial charge in [-0.15, -0.1) is 0 Å². The second-order valence-corrected chi connectivity index (χ2v) is 7.25. The van der Waals surface area contributed by atoms with Gasteiger partial charge in [-0.3, -0.25) is 0 Å². The lowest BCUT2D eigenvalue weighted by molar-refractivity contribution is 0.249. The van der Waals surface area contributed by atoms with Gasteiger partial charge in [0.25, 0.3) is 0 Å². The smallest absolute Gasteiger partial charge is 0.332 e. The fourth-order valence-corrected chi connectivity index (χ4v) is 2.58. The van der Waals surface area contributed by atoms with Crippen LogP contribution in [0.4, 0.5) is 4.79 Å². The number of hydrogen-bond acceptors (Lipinski definition) is 5. The highest BCUT2D eigenvalue weighted by Crippen LogP contribution is 2.19. The number of hydrogen-bond donors (Lipinski definition) is 2. The minimum Gasteiger partial charge on any atom is -0.383 e. The van der Waals surface area contributed by atoms with Crippen molar-refractivity contribution in [3.05, 3.63) is 64.1 Å². The van der Waals surface area contributed by atoms with Crippen molar-refractivity contribution in [1.29, 1.82) is 0 Å². The van der Waals surface area contributed by atoms with Crippen LogP contribution in [0.3, 0.4) is 0 Å². The van der Waals surface area contributed by atoms with Crippen molar-refractivity contribution >= 4 is 37.8 Å². The second kappa shape index (κ2) is 7.45. The summed E-state index contributed by atoms with van der Waals surface area (Å²) in [6.07, 6.45) is 0.965. The molecule has 7 nitrogen and oxygen atoms in total. The average Bonchev–Trinajstić information content (AvgIpc) is 2.49. The maximum atomic E-state index is 11.1. The van der Waals surface area contributed by atoms with Gasteiger partial charge in [-0.05, 0) is 36.4 Å². The van der Waals surface area contributed by atoms with Gasteiger partial charge < -0.3 is 9.92 Å². The zero-order valence-electron chi connectivity index (χ0n) is 12.6. The molecule has 0 aliphatic heterocycles. The van der Waals surface area contributed by atoms with Crippen molar-refractivity contribution in [3.8, 4) is 5.75 Å². The lowest BCUT2D eigenvalue weighted by Gasteiger charge is -2.09. The first-order chi connectivity index (χ1) is 11.2. The van der Waals surface area contributed by atoms with Gasteiger partial charge in [0.05, 0.1) is 12.0 Å². The van der Waals surface area contributed by atoms with E-state index in [0.717, 1.165) is 16.3 Å². The fraction of sp³-hybridized carbons (Fsp3) is 0.0667. The predicted molar refractivity (Wildman–Crippen MR) is 94.4 cm³/mol. The Bertz CT molecular complexity index is 863. The molecule has 0 aliphatic carbocycles. The van der Waals surface area contributed by atoms with Gasteiger partial charge in [0.15, 0.2) is 0 Å². The third-order valence-corrected chi connectivity index (χ3v) is 3.79. The van der Waals surface area contributed by atoms with E-state index >= 15 is 0 Å². The van der Waals surface area contributed by atoms with Crippen molar-refractivity contribution in [2.24, 2.45) is 10.8 Å². The minimum absolute atomic E-state index is 0.180. The van der Waals surface area contributed by atoms with Crippen molar-refractivity contribution in [2.45, 2.75) is 0 Å². The lowest BCUT2D eigenvalue weighted by atomic mass is 10.0. The van der Waals surface area contributed by atoms with Crippen LogP contribution in [0.25, 0.3) is 0 Å². The number of amides is 2. The van der Waals surface area contributed by atoms with E-state index in [1.54, 1.807) is 12.1 Å². The standard InChI is InChI=1S/C15H14BrN3O4S/c1-24(21,22)23-13-8-4-11(5-9-13)14(18-19-15(17)20)10-2-6-12(16)7-3-10/h2-9H,1H3,(H3,17,19,20). The summed E-state index contributed by atoms with van der Waals surface area (Å²) in [7, 11) is -3.60. The molecule has 0 spiro atoms. The molecule has 0 saturated heterocycles. The summed E-state index contributed by atoms with van der Waals surface area (Å²) >= 11 is 3.35. The van der Waals surface area contributed by atoms with Gasteiger partial charge in [0.2, 0.25) is 0 Å². The molecule has 2 aromatic carbocycles. The molecule has 0 bridgehead atoms. The summed E-state index contributed by atoms with van der Waals surface area (Å²) in [5, 5.41) is 4.02. The molecule has 0 aromatic heterocycles. The molecule has 0 heterocycles. The molecule has 126 valence electrons. The largest absolute Gasteiger partial charge is 0.383 e. The number of nitrogens with zero attached hydrogens (tertiary/aromatic N) is 1. The predicted octanol–water partition coefficient (Wildman–Crippen LogP) is 2.21. The van der Waals surface area contributed by atoms with E-state index in [2.05, 4.69) is 26.5 Å². The normalized spacial score (nSPS) is 11.8. The number of nitrogens with two attached hydrogens (primary N) is 1. The Kier molecular flexibility index (Phi) is 5.58. The first-order valence-electron chi connectivity index (χ1n) is 6.63. The van der Waals surface area contributed by atoms with Crippen molar-refractivity contribution in [1.82, 2.24) is 5.43 Å². The molecule has 2 aromatic rings. The number of carbonyl (C=O) groups is 1. The molecule has 0 atom stereocenters. The second-order valence-electron chi connectivity index (χ2n) is 4.76. The molecule has 0 radical (unpaired) electrons. The molecule has 3 N–H and O–H groups in total. The third-order valence-electron chi connectivity index (χ3n) is 2.77. The molecular weight excluding hydrogens is 398 g/mol. The van der Waals surface area contributed by atoms with E-state index in [-0.39, 0.29) is 5.75 Å². The van der Waals surface area contributed by atoms with Gasteiger partial charge in [-0.2, -0.15) is 13.5 Å². The zero-order chi connectivity index (χ0) is 17.7. The molecule has 24 heavy (non-hydrogen) atoms. The molecule has 9 heteroatoms.